The van der Waals surface area contributed by atoms with Crippen molar-refractivity contribution in [3.63, 3.8) is 0 Å². The van der Waals surface area contributed by atoms with Crippen LogP contribution in [0.1, 0.15) is 52.0 Å². The van der Waals surface area contributed by atoms with Crippen molar-refractivity contribution < 1.29 is 14.3 Å². The number of carbonyl (C=O) groups excluding carboxylic acids is 1. The number of benzene rings is 1. The fraction of sp³-hybridized carbons (Fsp3) is 0.632. The molecule has 24 heavy (non-hydrogen) atoms. The van der Waals surface area contributed by atoms with Gasteiger partial charge in [0.05, 0.1) is 12.7 Å². The minimum absolute atomic E-state index is 0.0513. The molecule has 1 aromatic carbocycles. The third-order valence-electron chi connectivity index (χ3n) is 4.61. The van der Waals surface area contributed by atoms with Gasteiger partial charge >= 0.3 is 5.97 Å². The number of hydrogen-bond donors (Lipinski definition) is 0. The molecular weight excluding hydrogens is 347 g/mol. The van der Waals surface area contributed by atoms with E-state index in [1.54, 1.807) is 6.07 Å². The first-order chi connectivity index (χ1) is 11.4. The Morgan fingerprint density at radius 2 is 2.08 bits per heavy atom. The molecule has 0 aliphatic carbocycles. The largest absolute Gasteiger partial charge is 0.460 e. The van der Waals surface area contributed by atoms with Gasteiger partial charge in [-0.3, -0.25) is 0 Å². The molecule has 1 saturated heterocycles. The summed E-state index contributed by atoms with van der Waals surface area (Å²) in [6.07, 6.45) is 4.34. The van der Waals surface area contributed by atoms with Crippen LogP contribution in [0.5, 0.6) is 0 Å². The lowest BCUT2D eigenvalue weighted by Gasteiger charge is -2.17. The van der Waals surface area contributed by atoms with Crippen molar-refractivity contribution in [2.75, 3.05) is 6.61 Å². The maximum Gasteiger partial charge on any atom is 0.341 e. The molecule has 1 aliphatic rings. The Morgan fingerprint density at radius 1 is 1.38 bits per heavy atom. The van der Waals surface area contributed by atoms with E-state index in [2.05, 4.69) is 6.92 Å². The minimum atomic E-state index is -0.679. The highest BCUT2D eigenvalue weighted by Crippen LogP contribution is 2.35. The fourth-order valence-corrected chi connectivity index (χ4v) is 3.21. The van der Waals surface area contributed by atoms with Gasteiger partial charge in [0.2, 0.25) is 0 Å². The molecule has 0 bridgehead atoms. The van der Waals surface area contributed by atoms with Gasteiger partial charge < -0.3 is 9.47 Å². The molecule has 1 aromatic rings. The number of rotatable bonds is 9. The van der Waals surface area contributed by atoms with Gasteiger partial charge in [-0.2, -0.15) is 0 Å². The van der Waals surface area contributed by atoms with Crippen molar-refractivity contribution in [2.45, 2.75) is 64.6 Å². The van der Waals surface area contributed by atoms with Gasteiger partial charge in [-0.25, -0.2) is 4.79 Å². The molecular formula is C19H26Cl2O3. The summed E-state index contributed by atoms with van der Waals surface area (Å²) in [5, 5.41) is 1.37. The summed E-state index contributed by atoms with van der Waals surface area (Å²) in [6, 6.07) is 5.63. The summed E-state index contributed by atoms with van der Waals surface area (Å²) >= 11 is 12.2. The van der Waals surface area contributed by atoms with Crippen LogP contribution in [0.15, 0.2) is 18.2 Å². The lowest BCUT2D eigenvalue weighted by Crippen LogP contribution is -2.30. The quantitative estimate of drug-likeness (QED) is 0.427. The molecule has 1 aliphatic heterocycles. The molecule has 0 amide bonds. The van der Waals surface area contributed by atoms with Crippen molar-refractivity contribution in [3.05, 3.63) is 33.8 Å². The second-order valence-electron chi connectivity index (χ2n) is 6.84. The topological polar surface area (TPSA) is 38.8 Å². The Morgan fingerprint density at radius 3 is 2.67 bits per heavy atom. The first-order valence-electron chi connectivity index (χ1n) is 8.65. The van der Waals surface area contributed by atoms with Crippen LogP contribution in [-0.4, -0.2) is 24.3 Å². The van der Waals surface area contributed by atoms with E-state index in [9.17, 15) is 4.79 Å². The normalized spacial score (nSPS) is 22.0. The highest BCUT2D eigenvalue weighted by Gasteiger charge is 2.53. The third kappa shape index (κ3) is 5.37. The van der Waals surface area contributed by atoms with Crippen LogP contribution >= 0.6 is 23.2 Å². The number of halogens is 2. The highest BCUT2D eigenvalue weighted by atomic mass is 35.5. The Labute approximate surface area is 154 Å². The van der Waals surface area contributed by atoms with Gasteiger partial charge in [-0.05, 0) is 56.2 Å². The molecule has 3 unspecified atom stereocenters. The second kappa shape index (κ2) is 8.55. The molecule has 3 atom stereocenters. The lowest BCUT2D eigenvalue weighted by atomic mass is 9.93. The minimum Gasteiger partial charge on any atom is -0.460 e. The van der Waals surface area contributed by atoms with Gasteiger partial charge in [0.15, 0.2) is 5.60 Å². The fourth-order valence-electron chi connectivity index (χ4n) is 2.73. The van der Waals surface area contributed by atoms with Gasteiger partial charge in [0.1, 0.15) is 0 Å². The average Bonchev–Trinajstić information content (AvgIpc) is 3.31. The monoisotopic (exact) mass is 372 g/mol. The Hall–Kier alpha value is -0.770. The summed E-state index contributed by atoms with van der Waals surface area (Å²) < 4.78 is 10.8. The number of esters is 1. The highest BCUT2D eigenvalue weighted by molar-refractivity contribution is 6.35. The molecule has 5 heteroatoms. The summed E-state index contributed by atoms with van der Waals surface area (Å²) in [4.78, 5) is 12.2. The zero-order valence-corrected chi connectivity index (χ0v) is 16.1. The van der Waals surface area contributed by atoms with Gasteiger partial charge in [0.25, 0.3) is 0 Å². The van der Waals surface area contributed by atoms with Crippen molar-refractivity contribution >= 4 is 29.2 Å². The van der Waals surface area contributed by atoms with Crippen LogP contribution in [0.2, 0.25) is 10.0 Å². The molecule has 0 saturated carbocycles. The molecule has 3 nitrogen and oxygen atoms in total. The van der Waals surface area contributed by atoms with Gasteiger partial charge in [-0.15, -0.1) is 0 Å². The average molecular weight is 373 g/mol. The molecule has 0 N–H and O–H groups in total. The van der Waals surface area contributed by atoms with E-state index in [1.165, 1.54) is 0 Å². The van der Waals surface area contributed by atoms with E-state index in [0.717, 1.165) is 37.7 Å². The van der Waals surface area contributed by atoms with E-state index in [-0.39, 0.29) is 12.1 Å². The number of epoxide rings is 1. The molecule has 0 radical (unpaired) electrons. The molecule has 0 aromatic heterocycles. The molecule has 2 rings (SSSR count). The van der Waals surface area contributed by atoms with Crippen molar-refractivity contribution in [1.29, 1.82) is 0 Å². The maximum atomic E-state index is 12.2. The lowest BCUT2D eigenvalue weighted by molar-refractivity contribution is -0.155. The van der Waals surface area contributed by atoms with Crippen LogP contribution < -0.4 is 0 Å². The van der Waals surface area contributed by atoms with Crippen molar-refractivity contribution in [1.82, 2.24) is 0 Å². The zero-order valence-electron chi connectivity index (χ0n) is 14.6. The molecule has 0 spiro atoms. The zero-order chi connectivity index (χ0) is 17.7. The predicted octanol–water partition coefficient (Wildman–Crippen LogP) is 5.45. The van der Waals surface area contributed by atoms with Crippen LogP contribution in [-0.2, 0) is 20.7 Å². The van der Waals surface area contributed by atoms with E-state index < -0.39 is 5.60 Å². The number of ether oxygens (including phenoxy) is 2. The van der Waals surface area contributed by atoms with E-state index >= 15 is 0 Å². The first-order valence-corrected chi connectivity index (χ1v) is 9.41. The molecule has 1 fully saturated rings. The van der Waals surface area contributed by atoms with Crippen molar-refractivity contribution in [3.8, 4) is 0 Å². The van der Waals surface area contributed by atoms with Gasteiger partial charge in [0, 0.05) is 10.0 Å². The summed E-state index contributed by atoms with van der Waals surface area (Å²) in [5.74, 6) is 0.273. The van der Waals surface area contributed by atoms with Crippen LogP contribution in [0.4, 0.5) is 0 Å². The second-order valence-corrected chi connectivity index (χ2v) is 7.69. The maximum absolute atomic E-state index is 12.2. The summed E-state index contributed by atoms with van der Waals surface area (Å²) in [5.41, 5.74) is 0.434. The standard InChI is InChI=1S/C19H26Cl2O3/c1-4-14(3)24-18(22)19(12-23-19)9-5-6-13(2)10-15-7-8-16(20)11-17(15)21/h7-8,11,13-14H,4-6,9-10,12H2,1-3H3. The van der Waals surface area contributed by atoms with E-state index in [1.807, 2.05) is 26.0 Å². The molecule has 134 valence electrons. The smallest absolute Gasteiger partial charge is 0.341 e. The number of carbonyl (C=O) groups is 1. The van der Waals surface area contributed by atoms with Crippen LogP contribution in [0, 0.1) is 5.92 Å². The SMILES string of the molecule is CCC(C)OC(=O)C1(CCCC(C)Cc2ccc(Cl)cc2Cl)CO1. The Kier molecular flexibility index (Phi) is 6.97. The van der Waals surface area contributed by atoms with E-state index in [0.29, 0.717) is 22.6 Å². The third-order valence-corrected chi connectivity index (χ3v) is 5.20. The summed E-state index contributed by atoms with van der Waals surface area (Å²) in [6.45, 7) is 6.59. The number of hydrogen-bond acceptors (Lipinski definition) is 3. The van der Waals surface area contributed by atoms with Gasteiger partial charge in [-0.1, -0.05) is 49.5 Å². The Balaban J connectivity index is 1.76. The Bertz CT molecular complexity index is 570. The van der Waals surface area contributed by atoms with Crippen LogP contribution in [0.25, 0.3) is 0 Å². The van der Waals surface area contributed by atoms with E-state index in [4.69, 9.17) is 32.7 Å². The predicted molar refractivity (Wildman–Crippen MR) is 97.7 cm³/mol. The first kappa shape index (κ1) is 19.6. The molecule has 1 heterocycles. The summed E-state index contributed by atoms with van der Waals surface area (Å²) in [7, 11) is 0. The van der Waals surface area contributed by atoms with Crippen LogP contribution in [0.3, 0.4) is 0 Å². The van der Waals surface area contributed by atoms with Crippen molar-refractivity contribution in [2.24, 2.45) is 5.92 Å².